The van der Waals surface area contributed by atoms with Gasteiger partial charge in [-0.2, -0.15) is 0 Å². The molecular weight excluding hydrogens is 378 g/mol. The van der Waals surface area contributed by atoms with Crippen LogP contribution in [0.3, 0.4) is 0 Å². The lowest BCUT2D eigenvalue weighted by atomic mass is 9.77. The van der Waals surface area contributed by atoms with Crippen molar-refractivity contribution in [1.82, 2.24) is 0 Å². The van der Waals surface area contributed by atoms with Crippen molar-refractivity contribution in [2.45, 2.75) is 25.2 Å². The number of ether oxygens (including phenoxy) is 2. The molecule has 2 saturated heterocycles. The second-order valence-electron chi connectivity index (χ2n) is 8.19. The molecule has 30 heavy (non-hydrogen) atoms. The number of hydrogen-bond donors (Lipinski definition) is 0. The molecule has 3 aliphatic rings. The van der Waals surface area contributed by atoms with Crippen LogP contribution in [0.2, 0.25) is 0 Å². The zero-order valence-corrected chi connectivity index (χ0v) is 16.8. The fourth-order valence-electron chi connectivity index (χ4n) is 4.69. The largest absolute Gasteiger partial charge is 0.373 e. The van der Waals surface area contributed by atoms with Crippen LogP contribution >= 0.6 is 0 Å². The molecule has 2 aromatic rings. The third-order valence-corrected chi connectivity index (χ3v) is 6.26. The number of benzene rings is 2. The fraction of sp³-hybridized carbons (Fsp3) is 0.280. The number of imide groups is 1. The first-order chi connectivity index (χ1) is 14.5. The van der Waals surface area contributed by atoms with Crippen LogP contribution in [0.4, 0.5) is 5.69 Å². The van der Waals surface area contributed by atoms with E-state index in [2.05, 4.69) is 6.58 Å². The summed E-state index contributed by atoms with van der Waals surface area (Å²) in [5, 5.41) is 0. The van der Waals surface area contributed by atoms with Gasteiger partial charge in [0, 0.05) is 0 Å². The molecule has 3 aliphatic heterocycles. The van der Waals surface area contributed by atoms with Gasteiger partial charge in [0.15, 0.2) is 0 Å². The second-order valence-corrected chi connectivity index (χ2v) is 8.19. The lowest BCUT2D eigenvalue weighted by molar-refractivity contribution is -0.129. The summed E-state index contributed by atoms with van der Waals surface area (Å²) in [6.45, 7) is 6.36. The first kappa shape index (κ1) is 19.0. The zero-order valence-electron chi connectivity index (χ0n) is 16.8. The van der Waals surface area contributed by atoms with Gasteiger partial charge < -0.3 is 9.47 Å². The van der Waals surface area contributed by atoms with E-state index in [4.69, 9.17) is 9.47 Å². The summed E-state index contributed by atoms with van der Waals surface area (Å²) in [6.07, 6.45) is 5.22. The van der Waals surface area contributed by atoms with Crippen molar-refractivity contribution in [3.63, 3.8) is 0 Å². The molecule has 2 aromatic carbocycles. The minimum atomic E-state index is -0.886. The van der Waals surface area contributed by atoms with Crippen LogP contribution in [-0.4, -0.2) is 30.1 Å². The molecule has 0 aliphatic carbocycles. The number of rotatable bonds is 6. The van der Waals surface area contributed by atoms with Crippen LogP contribution in [0.25, 0.3) is 6.08 Å². The molecule has 5 nitrogen and oxygen atoms in total. The van der Waals surface area contributed by atoms with Gasteiger partial charge in [-0.15, -0.1) is 0 Å². The van der Waals surface area contributed by atoms with Crippen LogP contribution in [-0.2, 0) is 25.7 Å². The van der Waals surface area contributed by atoms with Crippen molar-refractivity contribution in [3.8, 4) is 0 Å². The van der Waals surface area contributed by atoms with Crippen LogP contribution in [0.15, 0.2) is 67.3 Å². The maximum Gasteiger partial charge on any atom is 0.241 e. The molecule has 0 N–H and O–H groups in total. The number of nitrogens with zero attached hydrogens (tertiary/aromatic N) is 1. The third-order valence-electron chi connectivity index (χ3n) is 6.26. The summed E-state index contributed by atoms with van der Waals surface area (Å²) in [7, 11) is 0. The highest BCUT2D eigenvalue weighted by atomic mass is 16.6. The quantitative estimate of drug-likeness (QED) is 0.548. The van der Waals surface area contributed by atoms with Crippen molar-refractivity contribution < 1.29 is 19.1 Å². The first-order valence-electron chi connectivity index (χ1n) is 10.1. The van der Waals surface area contributed by atoms with E-state index in [-0.39, 0.29) is 24.5 Å². The van der Waals surface area contributed by atoms with E-state index >= 15 is 0 Å². The molecule has 5 rings (SSSR count). The fourth-order valence-corrected chi connectivity index (χ4v) is 4.69. The summed E-state index contributed by atoms with van der Waals surface area (Å²) >= 11 is 0. The number of anilines is 1. The topological polar surface area (TPSA) is 55.8 Å². The molecule has 2 fully saturated rings. The smallest absolute Gasteiger partial charge is 0.241 e. The van der Waals surface area contributed by atoms with E-state index in [1.807, 2.05) is 67.6 Å². The van der Waals surface area contributed by atoms with Gasteiger partial charge in [-0.05, 0) is 30.2 Å². The molecule has 4 atom stereocenters. The number of carbonyl (C=O) groups excluding carboxylic acids is 2. The minimum Gasteiger partial charge on any atom is -0.373 e. The SMILES string of the molecule is C=Cc1ccc(COCC23C=CC(O2)C2C(=O)N(c4ccc(C)cc4)C(=O)C23)cc1. The van der Waals surface area contributed by atoms with Crippen molar-refractivity contribution >= 4 is 23.6 Å². The maximum absolute atomic E-state index is 13.3. The summed E-state index contributed by atoms with van der Waals surface area (Å²) in [6, 6.07) is 15.4. The van der Waals surface area contributed by atoms with Crippen LogP contribution in [0, 0.1) is 18.8 Å². The molecule has 0 spiro atoms. The highest BCUT2D eigenvalue weighted by Crippen LogP contribution is 2.52. The standard InChI is InChI=1S/C25H23NO4/c1-3-17-6-8-18(9-7-17)14-29-15-25-13-12-20(30-25)21-22(25)24(28)26(23(21)27)19-10-4-16(2)5-11-19/h3-13,20-22H,1,14-15H2,2H3. The molecule has 0 radical (unpaired) electrons. The lowest BCUT2D eigenvalue weighted by Crippen LogP contribution is -2.44. The maximum atomic E-state index is 13.3. The van der Waals surface area contributed by atoms with E-state index in [1.54, 1.807) is 6.08 Å². The van der Waals surface area contributed by atoms with E-state index in [0.29, 0.717) is 12.3 Å². The Morgan fingerprint density at radius 3 is 2.53 bits per heavy atom. The van der Waals surface area contributed by atoms with Gasteiger partial charge in [-0.3, -0.25) is 9.59 Å². The van der Waals surface area contributed by atoms with Crippen molar-refractivity contribution in [2.75, 3.05) is 11.5 Å². The highest BCUT2D eigenvalue weighted by Gasteiger charge is 2.67. The monoisotopic (exact) mass is 401 g/mol. The van der Waals surface area contributed by atoms with Crippen molar-refractivity contribution in [2.24, 2.45) is 11.8 Å². The Kier molecular flexibility index (Phi) is 4.45. The Morgan fingerprint density at radius 1 is 1.10 bits per heavy atom. The Bertz CT molecular complexity index is 1040. The minimum absolute atomic E-state index is 0.190. The summed E-state index contributed by atoms with van der Waals surface area (Å²) < 4.78 is 12.1. The van der Waals surface area contributed by atoms with Crippen LogP contribution in [0.5, 0.6) is 0 Å². The second kappa shape index (κ2) is 7.04. The Balaban J connectivity index is 1.34. The number of amides is 2. The Morgan fingerprint density at radius 2 is 1.83 bits per heavy atom. The van der Waals surface area contributed by atoms with Crippen molar-refractivity contribution in [3.05, 3.63) is 84.0 Å². The average Bonchev–Trinajstić information content (AvgIpc) is 3.40. The number of hydrogen-bond acceptors (Lipinski definition) is 4. The first-order valence-corrected chi connectivity index (χ1v) is 10.1. The van der Waals surface area contributed by atoms with Gasteiger partial charge in [0.1, 0.15) is 5.60 Å². The summed E-state index contributed by atoms with van der Waals surface area (Å²) in [5.41, 5.74) is 2.88. The molecule has 152 valence electrons. The molecule has 5 heteroatoms. The van der Waals surface area contributed by atoms with E-state index < -0.39 is 17.4 Å². The summed E-state index contributed by atoms with van der Waals surface area (Å²) in [4.78, 5) is 27.7. The highest BCUT2D eigenvalue weighted by molar-refractivity contribution is 6.23. The van der Waals surface area contributed by atoms with Gasteiger partial charge in [0.25, 0.3) is 0 Å². The van der Waals surface area contributed by atoms with Crippen LogP contribution in [0.1, 0.15) is 16.7 Å². The third kappa shape index (κ3) is 2.85. The number of carbonyl (C=O) groups is 2. The predicted molar refractivity (Wildman–Crippen MR) is 114 cm³/mol. The normalized spacial score (nSPS) is 29.0. The average molecular weight is 401 g/mol. The molecule has 0 aromatic heterocycles. The number of aryl methyl sites for hydroxylation is 1. The molecule has 4 unspecified atom stereocenters. The van der Waals surface area contributed by atoms with Gasteiger partial charge in [0.05, 0.1) is 36.8 Å². The Hall–Kier alpha value is -3.02. The van der Waals surface area contributed by atoms with E-state index in [1.165, 1.54) is 4.90 Å². The molecular formula is C25H23NO4. The predicted octanol–water partition coefficient (Wildman–Crippen LogP) is 3.67. The Labute approximate surface area is 175 Å². The molecule has 2 bridgehead atoms. The van der Waals surface area contributed by atoms with Gasteiger partial charge in [0.2, 0.25) is 11.8 Å². The van der Waals surface area contributed by atoms with Crippen LogP contribution < -0.4 is 4.90 Å². The van der Waals surface area contributed by atoms with Gasteiger partial charge in [-0.25, -0.2) is 4.90 Å². The van der Waals surface area contributed by atoms with Crippen molar-refractivity contribution in [1.29, 1.82) is 0 Å². The zero-order chi connectivity index (χ0) is 20.9. The molecule has 0 saturated carbocycles. The van der Waals surface area contributed by atoms with E-state index in [9.17, 15) is 9.59 Å². The van der Waals surface area contributed by atoms with Gasteiger partial charge >= 0.3 is 0 Å². The van der Waals surface area contributed by atoms with E-state index in [0.717, 1.165) is 16.7 Å². The molecule has 2 amide bonds. The molecule has 3 heterocycles. The summed E-state index contributed by atoms with van der Waals surface area (Å²) in [5.74, 6) is -1.44. The lowest BCUT2D eigenvalue weighted by Gasteiger charge is -2.28. The number of fused-ring (bicyclic) bond motifs is 5. The van der Waals surface area contributed by atoms with Gasteiger partial charge in [-0.1, -0.05) is 66.8 Å².